The Balaban J connectivity index is 1.13. The Morgan fingerprint density at radius 3 is 2.45 bits per heavy atom. The molecule has 4 aromatic carbocycles. The van der Waals surface area contributed by atoms with Gasteiger partial charge in [-0.05, 0) is 53.4 Å². The number of ether oxygens (including phenoxy) is 2. The van der Waals surface area contributed by atoms with Crippen molar-refractivity contribution in [2.75, 3.05) is 23.5 Å². The van der Waals surface area contributed by atoms with E-state index in [9.17, 15) is 9.90 Å². The fraction of sp³-hybridized carbons (Fsp3) is 0.333. The van der Waals surface area contributed by atoms with Gasteiger partial charge in [0.15, 0.2) is 5.60 Å². The van der Waals surface area contributed by atoms with Gasteiger partial charge in [-0.3, -0.25) is 14.3 Å². The molecule has 1 N–H and O–H groups in total. The number of carbonyl (C=O) groups is 2. The molecule has 2 fully saturated rings. The van der Waals surface area contributed by atoms with Gasteiger partial charge in [-0.1, -0.05) is 103 Å². The number of fused-ring (bicyclic) bond motifs is 2. The van der Waals surface area contributed by atoms with Crippen LogP contribution < -0.4 is 19.7 Å². The van der Waals surface area contributed by atoms with E-state index in [1.807, 2.05) is 89.8 Å². The lowest BCUT2D eigenvalue weighted by molar-refractivity contribution is -0.146. The summed E-state index contributed by atoms with van der Waals surface area (Å²) < 4.78 is 14.6. The number of benzene rings is 4. The van der Waals surface area contributed by atoms with Crippen LogP contribution in [0.2, 0.25) is 18.6 Å². The maximum Gasteiger partial charge on any atom is 0.264 e. The van der Waals surface area contributed by atoms with Crippen LogP contribution in [0.25, 0.3) is 0 Å². The van der Waals surface area contributed by atoms with Crippen molar-refractivity contribution >= 4 is 36.4 Å². The second-order valence-corrected chi connectivity index (χ2v) is 19.7. The van der Waals surface area contributed by atoms with Crippen molar-refractivity contribution in [3.8, 4) is 5.75 Å². The molecule has 2 amide bonds. The van der Waals surface area contributed by atoms with Gasteiger partial charge in [0, 0.05) is 36.7 Å². The molecular formula is C42H45N5O5Si. The molecule has 5 aromatic rings. The lowest BCUT2D eigenvalue weighted by Gasteiger charge is -2.37. The van der Waals surface area contributed by atoms with E-state index < -0.39 is 19.8 Å². The van der Waals surface area contributed by atoms with E-state index in [2.05, 4.69) is 48.5 Å². The van der Waals surface area contributed by atoms with Gasteiger partial charge < -0.3 is 24.4 Å². The predicted octanol–water partition coefficient (Wildman–Crippen LogP) is 5.96. The number of anilines is 2. The van der Waals surface area contributed by atoms with Gasteiger partial charge in [0.1, 0.15) is 17.5 Å². The predicted molar refractivity (Wildman–Crippen MR) is 206 cm³/mol. The molecular weight excluding hydrogens is 683 g/mol. The Morgan fingerprint density at radius 1 is 0.981 bits per heavy atom. The fourth-order valence-corrected chi connectivity index (χ4v) is 13.0. The van der Waals surface area contributed by atoms with Crippen LogP contribution in [0.5, 0.6) is 5.75 Å². The maximum atomic E-state index is 15.1. The zero-order valence-corrected chi connectivity index (χ0v) is 31.6. The molecule has 2 saturated heterocycles. The summed E-state index contributed by atoms with van der Waals surface area (Å²) in [6.45, 7) is 8.53. The van der Waals surface area contributed by atoms with E-state index in [-0.39, 0.29) is 29.4 Å². The lowest BCUT2D eigenvalue weighted by Crippen LogP contribution is -2.51. The molecule has 4 heterocycles. The van der Waals surface area contributed by atoms with E-state index in [1.54, 1.807) is 22.9 Å². The van der Waals surface area contributed by atoms with Crippen LogP contribution in [0.4, 0.5) is 11.4 Å². The van der Waals surface area contributed by atoms with E-state index in [1.165, 1.54) is 5.19 Å². The smallest absolute Gasteiger partial charge is 0.264 e. The number of β-lactam (4-membered cyclic amide) rings is 1. The molecule has 11 heteroatoms. The molecule has 10 nitrogen and oxygen atoms in total. The van der Waals surface area contributed by atoms with Gasteiger partial charge in [-0.15, -0.1) is 5.10 Å². The Bertz CT molecular complexity index is 2140. The molecule has 0 aliphatic carbocycles. The first kappa shape index (κ1) is 35.0. The van der Waals surface area contributed by atoms with Gasteiger partial charge in [-0.2, -0.15) is 0 Å². The van der Waals surface area contributed by atoms with Crippen LogP contribution in [0.1, 0.15) is 48.3 Å². The van der Waals surface area contributed by atoms with Gasteiger partial charge in [-0.25, -0.2) is 0 Å². The van der Waals surface area contributed by atoms with Gasteiger partial charge in [0.25, 0.3) is 5.91 Å². The number of aromatic nitrogens is 3. The van der Waals surface area contributed by atoms with Crippen molar-refractivity contribution in [3.05, 3.63) is 132 Å². The average Bonchev–Trinajstić information content (AvgIpc) is 3.84. The van der Waals surface area contributed by atoms with Crippen molar-refractivity contribution in [1.29, 1.82) is 0 Å². The minimum absolute atomic E-state index is 0.0577. The third-order valence-electron chi connectivity index (χ3n) is 11.8. The molecule has 1 aromatic heterocycles. The largest absolute Gasteiger partial charge is 0.497 e. The Morgan fingerprint density at radius 2 is 1.74 bits per heavy atom. The summed E-state index contributed by atoms with van der Waals surface area (Å²) >= 11 is 0. The third kappa shape index (κ3) is 5.96. The molecule has 1 spiro atoms. The third-order valence-corrected chi connectivity index (χ3v) is 16.1. The summed E-state index contributed by atoms with van der Waals surface area (Å²) in [7, 11) is -0.667. The number of methoxy groups -OCH3 is 1. The quantitative estimate of drug-likeness (QED) is 0.132. The van der Waals surface area contributed by atoms with E-state index in [0.29, 0.717) is 38.2 Å². The summed E-state index contributed by atoms with van der Waals surface area (Å²) in [5, 5.41) is 21.0. The van der Waals surface area contributed by atoms with Crippen LogP contribution in [0.3, 0.4) is 0 Å². The number of rotatable bonds is 11. The molecule has 5 atom stereocenters. The van der Waals surface area contributed by atoms with E-state index in [4.69, 9.17) is 9.47 Å². The van der Waals surface area contributed by atoms with Crippen molar-refractivity contribution < 1.29 is 24.2 Å². The lowest BCUT2D eigenvalue weighted by atomic mass is 9.82. The fourth-order valence-electron chi connectivity index (χ4n) is 8.90. The van der Waals surface area contributed by atoms with Gasteiger partial charge in [0.2, 0.25) is 5.91 Å². The van der Waals surface area contributed by atoms with Crippen LogP contribution in [-0.2, 0) is 33.0 Å². The van der Waals surface area contributed by atoms with Crippen molar-refractivity contribution in [2.24, 2.45) is 5.92 Å². The molecule has 0 radical (unpaired) electrons. The normalized spacial score (nSPS) is 23.0. The number of aliphatic hydroxyl groups is 1. The monoisotopic (exact) mass is 727 g/mol. The van der Waals surface area contributed by atoms with E-state index in [0.717, 1.165) is 33.8 Å². The van der Waals surface area contributed by atoms with Crippen LogP contribution in [0, 0.1) is 5.92 Å². The number of nitrogens with zero attached hydrogens (tertiary/aromatic N) is 5. The number of aryl methyl sites for hydroxylation is 1. The molecule has 0 saturated carbocycles. The molecule has 3 aliphatic heterocycles. The molecule has 272 valence electrons. The highest BCUT2D eigenvalue weighted by Gasteiger charge is 2.66. The number of hydrogen-bond donors (Lipinski definition) is 1. The Hall–Kier alpha value is -5.10. The second kappa shape index (κ2) is 13.7. The highest BCUT2D eigenvalue weighted by Crippen LogP contribution is 2.60. The topological polar surface area (TPSA) is 110 Å². The first-order chi connectivity index (χ1) is 25.6. The minimum Gasteiger partial charge on any atom is -0.497 e. The Kier molecular flexibility index (Phi) is 9.04. The summed E-state index contributed by atoms with van der Waals surface area (Å²) in [5.41, 5.74) is 3.69. The van der Waals surface area contributed by atoms with Crippen LogP contribution in [-0.4, -0.2) is 59.7 Å². The van der Waals surface area contributed by atoms with Gasteiger partial charge >= 0.3 is 0 Å². The van der Waals surface area contributed by atoms with Crippen molar-refractivity contribution in [2.45, 2.75) is 69.3 Å². The first-order valence-corrected chi connectivity index (χ1v) is 21.5. The van der Waals surface area contributed by atoms with Crippen LogP contribution in [0.15, 0.2) is 109 Å². The zero-order valence-electron chi connectivity index (χ0n) is 30.6. The Labute approximate surface area is 311 Å². The number of amides is 2. The molecule has 0 bridgehead atoms. The number of aliphatic hydroxyl groups excluding tert-OH is 1. The summed E-state index contributed by atoms with van der Waals surface area (Å²) in [6, 6.07) is 33.8. The SMILES string of the molecule is COc1ccc([Si](C)(C)[C@@H]2[C@@H](CCn3cc([C@H](O)c4ccccc4)nn3)O[C@]3(C(=O)N(Cc4cccc(N5CCC5=O)c4)c4ccccc43)[C@H]2C)cc1. The number of para-hydroxylation sites is 1. The number of hydrogen-bond acceptors (Lipinski definition) is 7. The minimum atomic E-state index is -2.34. The molecule has 53 heavy (non-hydrogen) atoms. The van der Waals surface area contributed by atoms with Crippen LogP contribution >= 0.6 is 0 Å². The second-order valence-electron chi connectivity index (χ2n) is 15.0. The average molecular weight is 728 g/mol. The standard InChI is InChI=1S/C42H45N5O5Si/c1-28-40(53(3,4)33-19-17-32(51-2)18-20-33)37(21-23-45-27-35(43-44-45)39(49)30-12-6-5-7-13-30)52-42(28)34-15-8-9-16-36(34)47(41(42)50)26-29-11-10-14-31(25-29)46-24-22-38(46)48/h5-20,25,27-28,37,39-40,49H,21-24,26H2,1-4H3/t28-,37+,39+,40-,42+/m0/s1. The van der Waals surface area contributed by atoms with Gasteiger partial charge in [0.05, 0.1) is 39.7 Å². The number of carbonyl (C=O) groups excluding carboxylic acids is 2. The molecule has 3 aliphatic rings. The summed E-state index contributed by atoms with van der Waals surface area (Å²) in [4.78, 5) is 31.0. The highest BCUT2D eigenvalue weighted by molar-refractivity contribution is 6.91. The van der Waals surface area contributed by atoms with Crippen molar-refractivity contribution in [1.82, 2.24) is 15.0 Å². The highest BCUT2D eigenvalue weighted by atomic mass is 28.3. The van der Waals surface area contributed by atoms with Crippen molar-refractivity contribution in [3.63, 3.8) is 0 Å². The molecule has 8 rings (SSSR count). The maximum absolute atomic E-state index is 15.1. The first-order valence-electron chi connectivity index (χ1n) is 18.4. The summed E-state index contributed by atoms with van der Waals surface area (Å²) in [6.07, 6.45) is 1.82. The molecule has 0 unspecified atom stereocenters. The summed E-state index contributed by atoms with van der Waals surface area (Å²) in [5.74, 6) is 0.719. The van der Waals surface area contributed by atoms with E-state index >= 15 is 4.79 Å². The zero-order chi connectivity index (χ0) is 36.9.